The molecule has 0 saturated carbocycles. The van der Waals surface area contributed by atoms with E-state index in [1.165, 1.54) is 17.5 Å². The molecule has 0 bridgehead atoms. The molecule has 1 aromatic rings. The Bertz CT molecular complexity index is 375. The molecule has 108 valence electrons. The highest BCUT2D eigenvalue weighted by Crippen LogP contribution is 2.16. The molecule has 2 nitrogen and oxygen atoms in total. The van der Waals surface area contributed by atoms with E-state index in [1.807, 2.05) is 7.05 Å². The Morgan fingerprint density at radius 3 is 2.37 bits per heavy atom. The lowest BCUT2D eigenvalue weighted by molar-refractivity contribution is 0.633. The SMILES string of the molecule is CCCCS(=O)CC(NC)c1ccc(CCC)cc1. The Kier molecular flexibility index (Phi) is 7.99. The molecular weight excluding hydrogens is 254 g/mol. The van der Waals surface area contributed by atoms with Crippen LogP contribution >= 0.6 is 0 Å². The summed E-state index contributed by atoms with van der Waals surface area (Å²) in [5, 5.41) is 3.28. The van der Waals surface area contributed by atoms with Crippen molar-refractivity contribution in [2.75, 3.05) is 18.6 Å². The van der Waals surface area contributed by atoms with Crippen LogP contribution in [0.25, 0.3) is 0 Å². The summed E-state index contributed by atoms with van der Waals surface area (Å²) in [6, 6.07) is 8.93. The fourth-order valence-electron chi connectivity index (χ4n) is 2.13. The van der Waals surface area contributed by atoms with Gasteiger partial charge in [0.05, 0.1) is 0 Å². The number of benzene rings is 1. The first-order valence-corrected chi connectivity index (χ1v) is 8.81. The van der Waals surface area contributed by atoms with E-state index in [2.05, 4.69) is 43.4 Å². The zero-order chi connectivity index (χ0) is 14.1. The van der Waals surface area contributed by atoms with Crippen LogP contribution in [0.5, 0.6) is 0 Å². The highest BCUT2D eigenvalue weighted by atomic mass is 32.2. The van der Waals surface area contributed by atoms with Crippen LogP contribution in [-0.2, 0) is 17.2 Å². The van der Waals surface area contributed by atoms with Crippen molar-refractivity contribution >= 4 is 10.8 Å². The molecule has 0 fully saturated rings. The van der Waals surface area contributed by atoms with Gasteiger partial charge in [-0.1, -0.05) is 51.0 Å². The summed E-state index contributed by atoms with van der Waals surface area (Å²) in [5.74, 6) is 1.53. The molecule has 0 spiro atoms. The van der Waals surface area contributed by atoms with E-state index in [9.17, 15) is 4.21 Å². The first-order valence-electron chi connectivity index (χ1n) is 7.32. The van der Waals surface area contributed by atoms with Crippen LogP contribution in [0.4, 0.5) is 0 Å². The third kappa shape index (κ3) is 5.87. The monoisotopic (exact) mass is 281 g/mol. The summed E-state index contributed by atoms with van der Waals surface area (Å²) in [6.45, 7) is 4.33. The van der Waals surface area contributed by atoms with Crippen LogP contribution < -0.4 is 5.32 Å². The molecular formula is C16H27NOS. The molecule has 0 aliphatic rings. The second-order valence-electron chi connectivity index (χ2n) is 5.00. The first kappa shape index (κ1) is 16.4. The summed E-state index contributed by atoms with van der Waals surface area (Å²) < 4.78 is 12.0. The number of nitrogens with one attached hydrogen (secondary N) is 1. The third-order valence-electron chi connectivity index (χ3n) is 3.35. The lowest BCUT2D eigenvalue weighted by Crippen LogP contribution is -2.23. The predicted molar refractivity (Wildman–Crippen MR) is 85.0 cm³/mol. The Balaban J connectivity index is 2.60. The summed E-state index contributed by atoms with van der Waals surface area (Å²) in [6.07, 6.45) is 4.48. The van der Waals surface area contributed by atoms with Crippen molar-refractivity contribution < 1.29 is 4.21 Å². The van der Waals surface area contributed by atoms with Gasteiger partial charge < -0.3 is 5.32 Å². The lowest BCUT2D eigenvalue weighted by atomic mass is 10.0. The maximum atomic E-state index is 12.0. The van der Waals surface area contributed by atoms with E-state index < -0.39 is 10.8 Å². The average Bonchev–Trinajstić information content (AvgIpc) is 2.44. The highest BCUT2D eigenvalue weighted by molar-refractivity contribution is 7.85. The molecule has 2 unspecified atom stereocenters. The van der Waals surface area contributed by atoms with Crippen molar-refractivity contribution in [3.05, 3.63) is 35.4 Å². The maximum Gasteiger partial charge on any atom is 0.0434 e. The van der Waals surface area contributed by atoms with E-state index >= 15 is 0 Å². The third-order valence-corrected chi connectivity index (χ3v) is 4.80. The standard InChI is InChI=1S/C16H27NOS/c1-4-6-12-19(18)13-16(17-3)15-10-8-14(7-5-2)9-11-15/h8-11,16-17H,4-7,12-13H2,1-3H3. The Hall–Kier alpha value is -0.670. The van der Waals surface area contributed by atoms with Gasteiger partial charge in [0, 0.05) is 28.3 Å². The van der Waals surface area contributed by atoms with E-state index in [0.29, 0.717) is 5.75 Å². The zero-order valence-corrected chi connectivity index (χ0v) is 13.3. The normalized spacial score (nSPS) is 14.3. The number of hydrogen-bond acceptors (Lipinski definition) is 2. The molecule has 0 aliphatic heterocycles. The van der Waals surface area contributed by atoms with Gasteiger partial charge in [0.25, 0.3) is 0 Å². The number of unbranched alkanes of at least 4 members (excludes halogenated alkanes) is 1. The van der Waals surface area contributed by atoms with Crippen LogP contribution in [0.1, 0.15) is 50.3 Å². The van der Waals surface area contributed by atoms with Gasteiger partial charge in [-0.15, -0.1) is 0 Å². The Morgan fingerprint density at radius 1 is 1.16 bits per heavy atom. The van der Waals surface area contributed by atoms with Gasteiger partial charge in [0.1, 0.15) is 0 Å². The van der Waals surface area contributed by atoms with Crippen LogP contribution in [0.15, 0.2) is 24.3 Å². The van der Waals surface area contributed by atoms with Gasteiger partial charge in [0.2, 0.25) is 0 Å². The number of aryl methyl sites for hydroxylation is 1. The van der Waals surface area contributed by atoms with Crippen LogP contribution in [0, 0.1) is 0 Å². The molecule has 1 rings (SSSR count). The minimum atomic E-state index is -0.722. The Labute approximate surface area is 120 Å². The van der Waals surface area contributed by atoms with Gasteiger partial charge >= 0.3 is 0 Å². The van der Waals surface area contributed by atoms with Crippen LogP contribution in [-0.4, -0.2) is 22.8 Å². The molecule has 0 heterocycles. The highest BCUT2D eigenvalue weighted by Gasteiger charge is 2.12. The molecule has 0 saturated heterocycles. The molecule has 19 heavy (non-hydrogen) atoms. The molecule has 0 aromatic heterocycles. The van der Waals surface area contributed by atoms with Crippen molar-refractivity contribution in [3.63, 3.8) is 0 Å². The van der Waals surface area contributed by atoms with Crippen molar-refractivity contribution in [2.45, 2.75) is 45.6 Å². The van der Waals surface area contributed by atoms with Crippen LogP contribution in [0.2, 0.25) is 0 Å². The minimum Gasteiger partial charge on any atom is -0.312 e. The van der Waals surface area contributed by atoms with Crippen molar-refractivity contribution in [1.82, 2.24) is 5.32 Å². The molecule has 3 heteroatoms. The van der Waals surface area contributed by atoms with Crippen molar-refractivity contribution in [2.24, 2.45) is 0 Å². The van der Waals surface area contributed by atoms with E-state index in [0.717, 1.165) is 25.0 Å². The quantitative estimate of drug-likeness (QED) is 0.751. The molecule has 1 N–H and O–H groups in total. The molecule has 1 aromatic carbocycles. The zero-order valence-electron chi connectivity index (χ0n) is 12.4. The van der Waals surface area contributed by atoms with E-state index in [-0.39, 0.29) is 6.04 Å². The summed E-state index contributed by atoms with van der Waals surface area (Å²) in [7, 11) is 1.22. The van der Waals surface area contributed by atoms with Crippen molar-refractivity contribution in [3.8, 4) is 0 Å². The Morgan fingerprint density at radius 2 is 1.84 bits per heavy atom. The fourth-order valence-corrected chi connectivity index (χ4v) is 3.63. The molecule has 2 atom stereocenters. The van der Waals surface area contributed by atoms with Gasteiger partial charge in [-0.25, -0.2) is 0 Å². The maximum absolute atomic E-state index is 12.0. The fraction of sp³-hybridized carbons (Fsp3) is 0.625. The molecule has 0 aliphatic carbocycles. The van der Waals surface area contributed by atoms with E-state index in [4.69, 9.17) is 0 Å². The predicted octanol–water partition coefficient (Wildman–Crippen LogP) is 3.45. The summed E-state index contributed by atoms with van der Waals surface area (Å²) in [5.41, 5.74) is 2.63. The molecule has 0 radical (unpaired) electrons. The van der Waals surface area contributed by atoms with Crippen LogP contribution in [0.3, 0.4) is 0 Å². The minimum absolute atomic E-state index is 0.202. The second-order valence-corrected chi connectivity index (χ2v) is 6.62. The van der Waals surface area contributed by atoms with Gasteiger partial charge in [0.15, 0.2) is 0 Å². The first-order chi connectivity index (χ1) is 9.21. The van der Waals surface area contributed by atoms with Gasteiger partial charge in [-0.3, -0.25) is 4.21 Å². The topological polar surface area (TPSA) is 29.1 Å². The smallest absolute Gasteiger partial charge is 0.0434 e. The van der Waals surface area contributed by atoms with Gasteiger partial charge in [-0.05, 0) is 31.0 Å². The average molecular weight is 281 g/mol. The van der Waals surface area contributed by atoms with Gasteiger partial charge in [-0.2, -0.15) is 0 Å². The lowest BCUT2D eigenvalue weighted by Gasteiger charge is -2.16. The number of hydrogen-bond donors (Lipinski definition) is 1. The second kappa shape index (κ2) is 9.27. The number of rotatable bonds is 9. The van der Waals surface area contributed by atoms with E-state index in [1.54, 1.807) is 0 Å². The molecule has 0 amide bonds. The summed E-state index contributed by atoms with van der Waals surface area (Å²) in [4.78, 5) is 0. The largest absolute Gasteiger partial charge is 0.312 e. The van der Waals surface area contributed by atoms with Crippen molar-refractivity contribution in [1.29, 1.82) is 0 Å². The summed E-state index contributed by atoms with van der Waals surface area (Å²) >= 11 is 0.